The van der Waals surface area contributed by atoms with Crippen LogP contribution in [-0.4, -0.2) is 21.8 Å². The van der Waals surface area contributed by atoms with Crippen molar-refractivity contribution < 1.29 is 4.21 Å². The van der Waals surface area contributed by atoms with Crippen LogP contribution in [0.4, 0.5) is 0 Å². The predicted molar refractivity (Wildman–Crippen MR) is 87.5 cm³/mol. The minimum atomic E-state index is -0.719. The van der Waals surface area contributed by atoms with Crippen LogP contribution in [0.2, 0.25) is 0 Å². The second kappa shape index (κ2) is 7.94. The van der Waals surface area contributed by atoms with Crippen molar-refractivity contribution in [3.8, 4) is 0 Å². The lowest BCUT2D eigenvalue weighted by molar-refractivity contribution is 0.504. The molecule has 1 aromatic rings. The van der Waals surface area contributed by atoms with Crippen molar-refractivity contribution in [3.63, 3.8) is 0 Å². The van der Waals surface area contributed by atoms with E-state index in [9.17, 15) is 4.21 Å². The molecule has 0 bridgehead atoms. The van der Waals surface area contributed by atoms with Crippen LogP contribution < -0.4 is 5.32 Å². The maximum absolute atomic E-state index is 12.7. The fraction of sp³-hybridized carbons (Fsp3) is 0.647. The van der Waals surface area contributed by atoms with Crippen LogP contribution in [0.25, 0.3) is 0 Å². The molecule has 0 spiro atoms. The summed E-state index contributed by atoms with van der Waals surface area (Å²) >= 11 is 0. The first-order valence-electron chi connectivity index (χ1n) is 7.96. The van der Waals surface area contributed by atoms with Crippen molar-refractivity contribution >= 4 is 10.8 Å². The lowest BCUT2D eigenvalue weighted by atomic mass is 9.99. The van der Waals surface area contributed by atoms with Gasteiger partial charge < -0.3 is 5.32 Å². The van der Waals surface area contributed by atoms with Crippen molar-refractivity contribution in [2.45, 2.75) is 57.2 Å². The molecular weight excluding hydrogens is 266 g/mol. The number of hydrogen-bond donors (Lipinski definition) is 1. The third kappa shape index (κ3) is 3.70. The monoisotopic (exact) mass is 293 g/mol. The van der Waals surface area contributed by atoms with Gasteiger partial charge in [-0.1, -0.05) is 44.5 Å². The Bertz CT molecular complexity index is 446. The van der Waals surface area contributed by atoms with Gasteiger partial charge >= 0.3 is 0 Å². The van der Waals surface area contributed by atoms with E-state index in [1.54, 1.807) is 0 Å². The lowest BCUT2D eigenvalue weighted by Gasteiger charge is -2.27. The van der Waals surface area contributed by atoms with E-state index in [1.807, 2.05) is 0 Å². The van der Waals surface area contributed by atoms with Crippen molar-refractivity contribution in [2.75, 3.05) is 12.3 Å². The molecule has 2 rings (SSSR count). The average molecular weight is 293 g/mol. The molecule has 0 aromatic heterocycles. The molecule has 3 heteroatoms. The summed E-state index contributed by atoms with van der Waals surface area (Å²) in [5.41, 5.74) is 2.81. The molecule has 3 unspecified atom stereocenters. The summed E-state index contributed by atoms with van der Waals surface area (Å²) in [7, 11) is -0.719. The van der Waals surface area contributed by atoms with Gasteiger partial charge in [-0.25, -0.2) is 0 Å². The zero-order valence-corrected chi connectivity index (χ0v) is 13.5. The first kappa shape index (κ1) is 15.7. The molecule has 0 amide bonds. The first-order chi connectivity index (χ1) is 9.77. The fourth-order valence-corrected chi connectivity index (χ4v) is 4.96. The second-order valence-corrected chi connectivity index (χ2v) is 7.38. The Morgan fingerprint density at radius 1 is 1.30 bits per heavy atom. The largest absolute Gasteiger partial charge is 0.309 e. The summed E-state index contributed by atoms with van der Waals surface area (Å²) in [5.74, 6) is 0.852. The van der Waals surface area contributed by atoms with Crippen LogP contribution in [0, 0.1) is 0 Å². The van der Waals surface area contributed by atoms with Crippen LogP contribution in [0.3, 0.4) is 0 Å². The predicted octanol–water partition coefficient (Wildman–Crippen LogP) is 3.59. The molecule has 0 saturated heterocycles. The molecule has 2 nitrogen and oxygen atoms in total. The number of aryl methyl sites for hydroxylation is 1. The van der Waals surface area contributed by atoms with Crippen LogP contribution in [0.1, 0.15) is 56.7 Å². The SMILES string of the molecule is CCCCS(=O)C1CCCc2ccccc2C1NCC. The molecule has 0 saturated carbocycles. The Labute approximate surface area is 125 Å². The van der Waals surface area contributed by atoms with Gasteiger partial charge in [-0.2, -0.15) is 0 Å². The van der Waals surface area contributed by atoms with Crippen molar-refractivity contribution in [1.82, 2.24) is 5.32 Å². The molecule has 1 aromatic carbocycles. The highest BCUT2D eigenvalue weighted by Crippen LogP contribution is 2.32. The summed E-state index contributed by atoms with van der Waals surface area (Å²) in [6.07, 6.45) is 5.55. The normalized spacial score (nSPS) is 23.9. The Balaban J connectivity index is 2.25. The van der Waals surface area contributed by atoms with Gasteiger partial charge in [0.2, 0.25) is 0 Å². The van der Waals surface area contributed by atoms with E-state index in [2.05, 4.69) is 43.4 Å². The quantitative estimate of drug-likeness (QED) is 0.812. The first-order valence-corrected chi connectivity index (χ1v) is 9.34. The maximum Gasteiger partial charge on any atom is 0.0543 e. The number of nitrogens with one attached hydrogen (secondary N) is 1. The number of benzene rings is 1. The molecule has 0 heterocycles. The highest BCUT2D eigenvalue weighted by atomic mass is 32.2. The van der Waals surface area contributed by atoms with Gasteiger partial charge in [0.05, 0.1) is 5.25 Å². The fourth-order valence-electron chi connectivity index (χ4n) is 3.11. The Morgan fingerprint density at radius 3 is 2.85 bits per heavy atom. The molecule has 0 aliphatic heterocycles. The van der Waals surface area contributed by atoms with Crippen LogP contribution >= 0.6 is 0 Å². The van der Waals surface area contributed by atoms with Gasteiger partial charge in [0, 0.05) is 22.6 Å². The summed E-state index contributed by atoms with van der Waals surface area (Å²) < 4.78 is 12.7. The topological polar surface area (TPSA) is 29.1 Å². The van der Waals surface area contributed by atoms with Gasteiger partial charge in [-0.15, -0.1) is 0 Å². The molecule has 1 aliphatic carbocycles. The molecule has 0 fully saturated rings. The van der Waals surface area contributed by atoms with E-state index in [4.69, 9.17) is 0 Å². The van der Waals surface area contributed by atoms with E-state index in [1.165, 1.54) is 11.1 Å². The average Bonchev–Trinajstić information content (AvgIpc) is 2.65. The number of rotatable bonds is 6. The van der Waals surface area contributed by atoms with E-state index in [-0.39, 0.29) is 11.3 Å². The van der Waals surface area contributed by atoms with Crippen molar-refractivity contribution in [1.29, 1.82) is 0 Å². The molecule has 112 valence electrons. The van der Waals surface area contributed by atoms with Gasteiger partial charge in [-0.3, -0.25) is 4.21 Å². The Morgan fingerprint density at radius 2 is 2.10 bits per heavy atom. The van der Waals surface area contributed by atoms with E-state index in [0.29, 0.717) is 0 Å². The standard InChI is InChI=1S/C17H27NOS/c1-3-5-13-20(19)16-12-8-10-14-9-6-7-11-15(14)17(16)18-4-2/h6-7,9,11,16-18H,3-5,8,10,12-13H2,1-2H3. The summed E-state index contributed by atoms with van der Waals surface area (Å²) in [6.45, 7) is 5.24. The zero-order valence-electron chi connectivity index (χ0n) is 12.7. The van der Waals surface area contributed by atoms with Gasteiger partial charge in [0.15, 0.2) is 0 Å². The summed E-state index contributed by atoms with van der Waals surface area (Å²) in [6, 6.07) is 8.95. The third-order valence-electron chi connectivity index (χ3n) is 4.16. The van der Waals surface area contributed by atoms with E-state index < -0.39 is 10.8 Å². The molecule has 1 N–H and O–H groups in total. The third-order valence-corrected chi connectivity index (χ3v) is 6.03. The van der Waals surface area contributed by atoms with Crippen molar-refractivity contribution in [3.05, 3.63) is 35.4 Å². The van der Waals surface area contributed by atoms with Crippen molar-refractivity contribution in [2.24, 2.45) is 0 Å². The highest BCUT2D eigenvalue weighted by Gasteiger charge is 2.30. The molecule has 0 radical (unpaired) electrons. The van der Waals surface area contributed by atoms with Gasteiger partial charge in [0.1, 0.15) is 0 Å². The zero-order chi connectivity index (χ0) is 14.4. The second-order valence-electron chi connectivity index (χ2n) is 5.60. The molecular formula is C17H27NOS. The number of hydrogen-bond acceptors (Lipinski definition) is 2. The molecule has 3 atom stereocenters. The minimum Gasteiger partial charge on any atom is -0.309 e. The van der Waals surface area contributed by atoms with Crippen LogP contribution in [-0.2, 0) is 17.2 Å². The Hall–Kier alpha value is -0.670. The summed E-state index contributed by atoms with van der Waals surface area (Å²) in [5, 5.41) is 3.86. The lowest BCUT2D eigenvalue weighted by Crippen LogP contribution is -2.35. The van der Waals surface area contributed by atoms with E-state index in [0.717, 1.165) is 44.4 Å². The highest BCUT2D eigenvalue weighted by molar-refractivity contribution is 7.85. The minimum absolute atomic E-state index is 0.261. The summed E-state index contributed by atoms with van der Waals surface area (Å²) in [4.78, 5) is 0. The van der Waals surface area contributed by atoms with Gasteiger partial charge in [-0.05, 0) is 43.4 Å². The van der Waals surface area contributed by atoms with Crippen LogP contribution in [0.5, 0.6) is 0 Å². The molecule has 20 heavy (non-hydrogen) atoms. The number of fused-ring (bicyclic) bond motifs is 1. The number of unbranched alkanes of at least 4 members (excludes halogenated alkanes) is 1. The maximum atomic E-state index is 12.7. The van der Waals surface area contributed by atoms with E-state index >= 15 is 0 Å². The molecule has 1 aliphatic rings. The Kier molecular flexibility index (Phi) is 6.24. The smallest absolute Gasteiger partial charge is 0.0543 e. The van der Waals surface area contributed by atoms with Crippen LogP contribution in [0.15, 0.2) is 24.3 Å². The van der Waals surface area contributed by atoms with Gasteiger partial charge in [0.25, 0.3) is 0 Å².